The fraction of sp³-hybridized carbons (Fsp3) is 0.227. The number of nitrogens with zero attached hydrogens (tertiary/aromatic N) is 7. The Hall–Kier alpha value is -3.81. The summed E-state index contributed by atoms with van der Waals surface area (Å²) >= 11 is 0. The van der Waals surface area contributed by atoms with Crippen molar-refractivity contribution < 1.29 is 4.79 Å². The third-order valence-corrected chi connectivity index (χ3v) is 5.32. The number of imidazole rings is 1. The van der Waals surface area contributed by atoms with E-state index in [1.165, 1.54) is 5.56 Å². The van der Waals surface area contributed by atoms with E-state index in [1.54, 1.807) is 30.9 Å². The van der Waals surface area contributed by atoms with Crippen molar-refractivity contribution >= 4 is 17.5 Å². The first-order chi connectivity index (χ1) is 14.7. The van der Waals surface area contributed by atoms with Crippen LogP contribution in [0, 0.1) is 6.92 Å². The first kappa shape index (κ1) is 18.2. The molecule has 8 nitrogen and oxygen atoms in total. The summed E-state index contributed by atoms with van der Waals surface area (Å²) in [5.74, 6) is 0.633. The summed E-state index contributed by atoms with van der Waals surface area (Å²) in [7, 11) is 0. The summed E-state index contributed by atoms with van der Waals surface area (Å²) in [5.41, 5.74) is 4.04. The molecule has 5 rings (SSSR count). The van der Waals surface area contributed by atoms with Crippen molar-refractivity contribution in [3.05, 3.63) is 72.6 Å². The Morgan fingerprint density at radius 3 is 2.40 bits per heavy atom. The van der Waals surface area contributed by atoms with E-state index in [9.17, 15) is 4.79 Å². The predicted octanol–water partition coefficient (Wildman–Crippen LogP) is 2.46. The van der Waals surface area contributed by atoms with E-state index in [4.69, 9.17) is 0 Å². The number of anilines is 1. The molecule has 0 N–H and O–H groups in total. The number of hydrogen-bond acceptors (Lipinski definition) is 6. The van der Waals surface area contributed by atoms with Crippen molar-refractivity contribution in [2.75, 3.05) is 31.1 Å². The van der Waals surface area contributed by atoms with E-state index in [0.29, 0.717) is 43.5 Å². The Balaban J connectivity index is 1.37. The van der Waals surface area contributed by atoms with E-state index >= 15 is 0 Å². The summed E-state index contributed by atoms with van der Waals surface area (Å²) in [6.07, 6.45) is 8.80. The number of hydrogen-bond donors (Lipinski definition) is 0. The lowest BCUT2D eigenvalue weighted by atomic mass is 10.1. The number of aryl methyl sites for hydroxylation is 1. The molecule has 8 heteroatoms. The maximum atomic E-state index is 13.1. The van der Waals surface area contributed by atoms with E-state index < -0.39 is 0 Å². The molecule has 1 fully saturated rings. The Bertz CT molecular complexity index is 1180. The van der Waals surface area contributed by atoms with Gasteiger partial charge >= 0.3 is 0 Å². The summed E-state index contributed by atoms with van der Waals surface area (Å²) in [6.45, 7) is 4.65. The molecule has 1 amide bonds. The third-order valence-electron chi connectivity index (χ3n) is 5.32. The van der Waals surface area contributed by atoms with Crippen LogP contribution < -0.4 is 4.90 Å². The summed E-state index contributed by atoms with van der Waals surface area (Å²) in [4.78, 5) is 34.7. The van der Waals surface area contributed by atoms with Gasteiger partial charge in [-0.05, 0) is 13.0 Å². The van der Waals surface area contributed by atoms with Gasteiger partial charge in [-0.1, -0.05) is 29.8 Å². The van der Waals surface area contributed by atoms with Crippen LogP contribution >= 0.6 is 0 Å². The average Bonchev–Trinajstić information content (AvgIpc) is 3.24. The van der Waals surface area contributed by atoms with Gasteiger partial charge < -0.3 is 14.2 Å². The van der Waals surface area contributed by atoms with Gasteiger partial charge in [-0.15, -0.1) is 0 Å². The smallest absolute Gasteiger partial charge is 0.274 e. The number of piperazine rings is 1. The van der Waals surface area contributed by atoms with Gasteiger partial charge in [0.15, 0.2) is 5.65 Å². The van der Waals surface area contributed by atoms with Crippen LogP contribution in [0.25, 0.3) is 16.9 Å². The molecule has 0 aliphatic carbocycles. The van der Waals surface area contributed by atoms with Crippen molar-refractivity contribution in [3.63, 3.8) is 0 Å². The van der Waals surface area contributed by atoms with Gasteiger partial charge in [0.1, 0.15) is 11.4 Å². The minimum atomic E-state index is -0.0674. The molecule has 0 bridgehead atoms. The normalized spacial score (nSPS) is 14.3. The molecule has 30 heavy (non-hydrogen) atoms. The molecule has 0 radical (unpaired) electrons. The molecule has 1 aliphatic heterocycles. The van der Waals surface area contributed by atoms with Crippen LogP contribution in [-0.2, 0) is 0 Å². The molecule has 4 aromatic rings. The molecule has 4 heterocycles. The van der Waals surface area contributed by atoms with Crippen LogP contribution in [0.1, 0.15) is 16.1 Å². The fourth-order valence-corrected chi connectivity index (χ4v) is 3.66. The summed E-state index contributed by atoms with van der Waals surface area (Å²) in [6, 6.07) is 9.95. The van der Waals surface area contributed by atoms with E-state index in [0.717, 1.165) is 11.3 Å². The van der Waals surface area contributed by atoms with Gasteiger partial charge in [0.2, 0.25) is 5.95 Å². The highest BCUT2D eigenvalue weighted by atomic mass is 16.2. The van der Waals surface area contributed by atoms with Crippen LogP contribution in [0.4, 0.5) is 5.95 Å². The van der Waals surface area contributed by atoms with Crippen LogP contribution in [0.5, 0.6) is 0 Å². The Kier molecular flexibility index (Phi) is 4.59. The van der Waals surface area contributed by atoms with Gasteiger partial charge in [-0.25, -0.2) is 15.0 Å². The van der Waals surface area contributed by atoms with Crippen LogP contribution in [0.2, 0.25) is 0 Å². The topological polar surface area (TPSA) is 79.5 Å². The Morgan fingerprint density at radius 1 is 0.933 bits per heavy atom. The van der Waals surface area contributed by atoms with Crippen LogP contribution in [0.3, 0.4) is 0 Å². The first-order valence-electron chi connectivity index (χ1n) is 9.91. The molecular weight excluding hydrogens is 378 g/mol. The Labute approximate surface area is 173 Å². The van der Waals surface area contributed by atoms with Crippen molar-refractivity contribution in [3.8, 4) is 11.3 Å². The highest BCUT2D eigenvalue weighted by molar-refractivity contribution is 5.93. The zero-order valence-corrected chi connectivity index (χ0v) is 16.6. The number of fused-ring (bicyclic) bond motifs is 1. The lowest BCUT2D eigenvalue weighted by Crippen LogP contribution is -2.49. The second-order valence-electron chi connectivity index (χ2n) is 7.33. The number of rotatable bonds is 3. The minimum absolute atomic E-state index is 0.0674. The van der Waals surface area contributed by atoms with Gasteiger partial charge in [-0.3, -0.25) is 9.78 Å². The van der Waals surface area contributed by atoms with Crippen molar-refractivity contribution in [1.82, 2.24) is 29.2 Å². The van der Waals surface area contributed by atoms with Gasteiger partial charge in [0.05, 0.1) is 0 Å². The summed E-state index contributed by atoms with van der Waals surface area (Å²) < 4.78 is 1.86. The van der Waals surface area contributed by atoms with Gasteiger partial charge in [0.25, 0.3) is 5.91 Å². The SMILES string of the molecule is Cc1ccc(-c2nccn3cc(C(=O)N4CCN(c5ncccn5)CC4)nc23)cc1. The maximum absolute atomic E-state index is 13.1. The molecule has 1 saturated heterocycles. The third kappa shape index (κ3) is 3.36. The molecular formula is C22H21N7O. The quantitative estimate of drug-likeness (QED) is 0.527. The highest BCUT2D eigenvalue weighted by Crippen LogP contribution is 2.23. The molecule has 150 valence electrons. The molecule has 0 unspecified atom stereocenters. The molecule has 0 saturated carbocycles. The first-order valence-corrected chi connectivity index (χ1v) is 9.91. The lowest BCUT2D eigenvalue weighted by Gasteiger charge is -2.34. The van der Waals surface area contributed by atoms with E-state index in [1.807, 2.05) is 46.7 Å². The Morgan fingerprint density at radius 2 is 1.67 bits per heavy atom. The predicted molar refractivity (Wildman–Crippen MR) is 113 cm³/mol. The highest BCUT2D eigenvalue weighted by Gasteiger charge is 2.25. The average molecular weight is 399 g/mol. The molecule has 1 aliphatic rings. The number of amides is 1. The largest absolute Gasteiger partial charge is 0.337 e. The number of benzene rings is 1. The second-order valence-corrected chi connectivity index (χ2v) is 7.33. The number of aromatic nitrogens is 5. The zero-order chi connectivity index (χ0) is 20.5. The minimum Gasteiger partial charge on any atom is -0.337 e. The van der Waals surface area contributed by atoms with Crippen LogP contribution in [-0.4, -0.2) is 61.3 Å². The standard InChI is InChI=1S/C22H21N7O/c1-16-3-5-17(6-4-16)19-20-26-18(15-29(20)10-9-23-19)21(30)27-11-13-28(14-12-27)22-24-7-2-8-25-22/h2-10,15H,11-14H2,1H3. The zero-order valence-electron chi connectivity index (χ0n) is 16.6. The van der Waals surface area contributed by atoms with Gasteiger partial charge in [0, 0.05) is 62.7 Å². The van der Waals surface area contributed by atoms with Gasteiger partial charge in [-0.2, -0.15) is 0 Å². The second kappa shape index (κ2) is 7.55. The van der Waals surface area contributed by atoms with Crippen LogP contribution in [0.15, 0.2) is 61.3 Å². The lowest BCUT2D eigenvalue weighted by molar-refractivity contribution is 0.0741. The number of carbonyl (C=O) groups is 1. The number of carbonyl (C=O) groups excluding carboxylic acids is 1. The molecule has 0 spiro atoms. The molecule has 0 atom stereocenters. The molecule has 3 aromatic heterocycles. The summed E-state index contributed by atoms with van der Waals surface area (Å²) in [5, 5.41) is 0. The van der Waals surface area contributed by atoms with E-state index in [-0.39, 0.29) is 5.91 Å². The van der Waals surface area contributed by atoms with Crippen molar-refractivity contribution in [2.45, 2.75) is 6.92 Å². The van der Waals surface area contributed by atoms with Crippen molar-refractivity contribution in [2.24, 2.45) is 0 Å². The monoisotopic (exact) mass is 399 g/mol. The van der Waals surface area contributed by atoms with E-state index in [2.05, 4.69) is 24.8 Å². The molecule has 1 aromatic carbocycles. The van der Waals surface area contributed by atoms with Crippen molar-refractivity contribution in [1.29, 1.82) is 0 Å². The maximum Gasteiger partial charge on any atom is 0.274 e. The fourth-order valence-electron chi connectivity index (χ4n) is 3.66.